The van der Waals surface area contributed by atoms with Crippen LogP contribution in [0.25, 0.3) is 0 Å². The summed E-state index contributed by atoms with van der Waals surface area (Å²) in [6.45, 7) is 3.43. The number of hydrogen-bond donors (Lipinski definition) is 1. The SMILES string of the molecule is O=[N+]([O-])C(CNC1CCN(Cc2ccccc2)CC1)c1ccccc1. The summed E-state index contributed by atoms with van der Waals surface area (Å²) in [5.74, 6) is 0. The van der Waals surface area contributed by atoms with E-state index in [4.69, 9.17) is 0 Å². The van der Waals surface area contributed by atoms with Crippen LogP contribution in [0.3, 0.4) is 0 Å². The van der Waals surface area contributed by atoms with Gasteiger partial charge in [0.15, 0.2) is 0 Å². The topological polar surface area (TPSA) is 58.4 Å². The lowest BCUT2D eigenvalue weighted by molar-refractivity contribution is -0.527. The largest absolute Gasteiger partial charge is 0.307 e. The molecule has 0 saturated carbocycles. The van der Waals surface area contributed by atoms with E-state index in [0.717, 1.165) is 38.0 Å². The molecule has 1 heterocycles. The van der Waals surface area contributed by atoms with Gasteiger partial charge in [0.2, 0.25) is 6.04 Å². The number of benzene rings is 2. The van der Waals surface area contributed by atoms with Crippen LogP contribution in [0.1, 0.15) is 30.0 Å². The van der Waals surface area contributed by atoms with Crippen molar-refractivity contribution in [1.82, 2.24) is 10.2 Å². The van der Waals surface area contributed by atoms with E-state index in [9.17, 15) is 10.1 Å². The van der Waals surface area contributed by atoms with Crippen LogP contribution >= 0.6 is 0 Å². The molecule has 1 saturated heterocycles. The van der Waals surface area contributed by atoms with Gasteiger partial charge in [0, 0.05) is 23.1 Å². The molecular formula is C20H25N3O2. The zero-order chi connectivity index (χ0) is 17.5. The molecule has 2 aromatic rings. The Morgan fingerprint density at radius 3 is 2.24 bits per heavy atom. The summed E-state index contributed by atoms with van der Waals surface area (Å²) in [4.78, 5) is 13.7. The number of nitrogens with one attached hydrogen (secondary N) is 1. The van der Waals surface area contributed by atoms with Crippen molar-refractivity contribution in [3.8, 4) is 0 Å². The van der Waals surface area contributed by atoms with E-state index in [0.29, 0.717) is 12.6 Å². The van der Waals surface area contributed by atoms with Crippen molar-refractivity contribution >= 4 is 0 Å². The molecule has 0 aliphatic carbocycles. The molecule has 0 aromatic heterocycles. The summed E-state index contributed by atoms with van der Waals surface area (Å²) in [6.07, 6.45) is 2.07. The average Bonchev–Trinajstić information content (AvgIpc) is 2.65. The van der Waals surface area contributed by atoms with Crippen molar-refractivity contribution in [2.24, 2.45) is 0 Å². The minimum Gasteiger partial charge on any atom is -0.307 e. The summed E-state index contributed by atoms with van der Waals surface area (Å²) in [6, 6.07) is 19.4. The zero-order valence-electron chi connectivity index (χ0n) is 14.4. The van der Waals surface area contributed by atoms with Gasteiger partial charge in [0.25, 0.3) is 0 Å². The molecule has 0 amide bonds. The Balaban J connectivity index is 1.46. The lowest BCUT2D eigenvalue weighted by Gasteiger charge is -2.32. The fourth-order valence-corrected chi connectivity index (χ4v) is 3.40. The van der Waals surface area contributed by atoms with Crippen LogP contribution in [0.4, 0.5) is 0 Å². The summed E-state index contributed by atoms with van der Waals surface area (Å²) in [5.41, 5.74) is 2.10. The van der Waals surface area contributed by atoms with Crippen molar-refractivity contribution in [2.75, 3.05) is 19.6 Å². The summed E-state index contributed by atoms with van der Waals surface area (Å²) >= 11 is 0. The highest BCUT2D eigenvalue weighted by Crippen LogP contribution is 2.18. The van der Waals surface area contributed by atoms with Crippen molar-refractivity contribution < 1.29 is 4.92 Å². The summed E-state index contributed by atoms with van der Waals surface area (Å²) in [5, 5.41) is 14.8. The van der Waals surface area contributed by atoms with Crippen LogP contribution < -0.4 is 5.32 Å². The molecule has 132 valence electrons. The van der Waals surface area contributed by atoms with Gasteiger partial charge < -0.3 is 5.32 Å². The maximum Gasteiger partial charge on any atom is 0.250 e. The van der Waals surface area contributed by atoms with Gasteiger partial charge >= 0.3 is 0 Å². The first-order valence-corrected chi connectivity index (χ1v) is 8.90. The Morgan fingerprint density at radius 2 is 1.64 bits per heavy atom. The molecule has 1 N–H and O–H groups in total. The van der Waals surface area contributed by atoms with Crippen LogP contribution in [0, 0.1) is 10.1 Å². The van der Waals surface area contributed by atoms with Crippen molar-refractivity contribution in [2.45, 2.75) is 31.5 Å². The van der Waals surface area contributed by atoms with E-state index >= 15 is 0 Å². The van der Waals surface area contributed by atoms with Gasteiger partial charge in [-0.1, -0.05) is 60.7 Å². The molecule has 1 aliphatic heterocycles. The van der Waals surface area contributed by atoms with Gasteiger partial charge in [-0.05, 0) is 31.5 Å². The van der Waals surface area contributed by atoms with E-state index in [1.165, 1.54) is 5.56 Å². The third-order valence-electron chi connectivity index (χ3n) is 4.88. The highest BCUT2D eigenvalue weighted by Gasteiger charge is 2.25. The predicted molar refractivity (Wildman–Crippen MR) is 98.9 cm³/mol. The molecule has 0 bridgehead atoms. The molecule has 3 rings (SSSR count). The Kier molecular flexibility index (Phi) is 6.14. The van der Waals surface area contributed by atoms with E-state index in [-0.39, 0.29) is 4.92 Å². The van der Waals surface area contributed by atoms with E-state index in [1.807, 2.05) is 36.4 Å². The van der Waals surface area contributed by atoms with E-state index in [1.54, 1.807) is 0 Å². The summed E-state index contributed by atoms with van der Waals surface area (Å²) in [7, 11) is 0. The molecule has 1 unspecified atom stereocenters. The van der Waals surface area contributed by atoms with Crippen LogP contribution in [-0.4, -0.2) is 35.5 Å². The van der Waals surface area contributed by atoms with Crippen molar-refractivity contribution in [3.63, 3.8) is 0 Å². The normalized spacial score (nSPS) is 17.3. The third kappa shape index (κ3) is 5.11. The number of hydrogen-bond acceptors (Lipinski definition) is 4. The first-order chi connectivity index (χ1) is 12.2. The molecule has 0 radical (unpaired) electrons. The second kappa shape index (κ2) is 8.74. The first-order valence-electron chi connectivity index (χ1n) is 8.90. The lowest BCUT2D eigenvalue weighted by Crippen LogP contribution is -2.43. The average molecular weight is 339 g/mol. The van der Waals surface area contributed by atoms with Crippen LogP contribution in [0.5, 0.6) is 0 Å². The van der Waals surface area contributed by atoms with E-state index < -0.39 is 6.04 Å². The number of nitro groups is 1. The molecule has 2 aromatic carbocycles. The van der Waals surface area contributed by atoms with E-state index in [2.05, 4.69) is 34.5 Å². The Bertz CT molecular complexity index is 655. The number of nitrogens with zero attached hydrogens (tertiary/aromatic N) is 2. The van der Waals surface area contributed by atoms with Crippen LogP contribution in [0.15, 0.2) is 60.7 Å². The monoisotopic (exact) mass is 339 g/mol. The Hall–Kier alpha value is -2.24. The number of rotatable bonds is 7. The van der Waals surface area contributed by atoms with Gasteiger partial charge in [-0.25, -0.2) is 0 Å². The second-order valence-electron chi connectivity index (χ2n) is 6.66. The van der Waals surface area contributed by atoms with Gasteiger partial charge in [-0.2, -0.15) is 0 Å². The van der Waals surface area contributed by atoms with Crippen molar-refractivity contribution in [3.05, 3.63) is 81.9 Å². The minimum absolute atomic E-state index is 0.188. The fraction of sp³-hybridized carbons (Fsp3) is 0.400. The Labute approximate surface area is 148 Å². The Morgan fingerprint density at radius 1 is 1.04 bits per heavy atom. The maximum atomic E-state index is 11.4. The molecule has 1 atom stereocenters. The van der Waals surface area contributed by atoms with Crippen molar-refractivity contribution in [1.29, 1.82) is 0 Å². The van der Waals surface area contributed by atoms with Gasteiger partial charge in [0.1, 0.15) is 0 Å². The number of piperidine rings is 1. The molecule has 1 aliphatic rings. The van der Waals surface area contributed by atoms with Gasteiger partial charge in [-0.15, -0.1) is 0 Å². The minimum atomic E-state index is -0.677. The first kappa shape index (κ1) is 17.6. The highest BCUT2D eigenvalue weighted by molar-refractivity contribution is 5.17. The molecule has 1 fully saturated rings. The summed E-state index contributed by atoms with van der Waals surface area (Å²) < 4.78 is 0. The van der Waals surface area contributed by atoms with Gasteiger partial charge in [-0.3, -0.25) is 15.0 Å². The second-order valence-corrected chi connectivity index (χ2v) is 6.66. The van der Waals surface area contributed by atoms with Gasteiger partial charge in [0.05, 0.1) is 6.54 Å². The predicted octanol–water partition coefficient (Wildman–Crippen LogP) is 3.26. The lowest BCUT2D eigenvalue weighted by atomic mass is 10.0. The maximum absolute atomic E-state index is 11.4. The smallest absolute Gasteiger partial charge is 0.250 e. The van der Waals surface area contributed by atoms with Crippen LogP contribution in [0.2, 0.25) is 0 Å². The number of likely N-dealkylation sites (tertiary alicyclic amines) is 1. The van der Waals surface area contributed by atoms with Crippen LogP contribution in [-0.2, 0) is 6.54 Å². The molecule has 5 heteroatoms. The quantitative estimate of drug-likeness (QED) is 0.621. The molecule has 5 nitrogen and oxygen atoms in total. The fourth-order valence-electron chi connectivity index (χ4n) is 3.40. The zero-order valence-corrected chi connectivity index (χ0v) is 14.4. The third-order valence-corrected chi connectivity index (χ3v) is 4.88. The molecular weight excluding hydrogens is 314 g/mol. The molecule has 0 spiro atoms. The molecule has 25 heavy (non-hydrogen) atoms. The highest BCUT2D eigenvalue weighted by atomic mass is 16.6. The standard InChI is InChI=1S/C20H25N3O2/c24-23(25)20(18-9-5-2-6-10-18)15-21-19-11-13-22(14-12-19)16-17-7-3-1-4-8-17/h1-10,19-21H,11-16H2.